The Bertz CT molecular complexity index is 585. The van der Waals surface area contributed by atoms with Crippen LogP contribution in [0, 0.1) is 20.8 Å². The van der Waals surface area contributed by atoms with Crippen LogP contribution in [0.15, 0.2) is 36.4 Å². The highest BCUT2D eigenvalue weighted by Crippen LogP contribution is 2.24. The zero-order chi connectivity index (χ0) is 15.2. The molecule has 0 unspecified atom stereocenters. The number of anilines is 1. The zero-order valence-electron chi connectivity index (χ0n) is 13.0. The molecule has 2 aromatic rings. The van der Waals surface area contributed by atoms with E-state index in [1.165, 1.54) is 16.7 Å². The van der Waals surface area contributed by atoms with Crippen LogP contribution in [-0.2, 0) is 0 Å². The Labute approximate surface area is 126 Å². The van der Waals surface area contributed by atoms with Gasteiger partial charge in [0.05, 0.1) is 13.2 Å². The maximum Gasteiger partial charge on any atom is 0.125 e. The summed E-state index contributed by atoms with van der Waals surface area (Å²) in [5.74, 6) is 1.79. The number of nitrogen functional groups attached to an aromatic ring is 1. The lowest BCUT2D eigenvalue weighted by atomic mass is 10.1. The third kappa shape index (κ3) is 4.42. The van der Waals surface area contributed by atoms with Crippen molar-refractivity contribution in [1.82, 2.24) is 0 Å². The minimum atomic E-state index is 0.618. The van der Waals surface area contributed by atoms with E-state index >= 15 is 0 Å². The van der Waals surface area contributed by atoms with Crippen LogP contribution in [-0.4, -0.2) is 13.2 Å². The number of nitrogens with two attached hydrogens (primary N) is 1. The molecule has 0 aromatic heterocycles. The molecule has 2 N–H and O–H groups in total. The molecular weight excluding hydrogens is 262 g/mol. The van der Waals surface area contributed by atoms with E-state index in [-0.39, 0.29) is 0 Å². The Hall–Kier alpha value is -2.16. The third-order valence-electron chi connectivity index (χ3n) is 3.27. The van der Waals surface area contributed by atoms with Crippen molar-refractivity contribution in [3.8, 4) is 11.5 Å². The van der Waals surface area contributed by atoms with Crippen LogP contribution in [0.1, 0.15) is 23.1 Å². The van der Waals surface area contributed by atoms with E-state index in [0.717, 1.165) is 23.6 Å². The number of aryl methyl sites for hydroxylation is 3. The first-order valence-corrected chi connectivity index (χ1v) is 7.25. The Kier molecular flexibility index (Phi) is 5.09. The molecule has 0 aliphatic heterocycles. The van der Waals surface area contributed by atoms with E-state index in [4.69, 9.17) is 15.2 Å². The fourth-order valence-electron chi connectivity index (χ4n) is 2.42. The normalized spacial score (nSPS) is 10.4. The van der Waals surface area contributed by atoms with Crippen LogP contribution in [0.2, 0.25) is 0 Å². The monoisotopic (exact) mass is 285 g/mol. The van der Waals surface area contributed by atoms with E-state index < -0.39 is 0 Å². The second kappa shape index (κ2) is 7.02. The standard InChI is InChI=1S/C18H23NO2/c1-13-10-14(2)18(15(3)11-13)21-9-5-8-20-17-7-4-6-16(19)12-17/h4,6-7,10-12H,5,8-9,19H2,1-3H3. The lowest BCUT2D eigenvalue weighted by Crippen LogP contribution is -2.06. The first-order valence-electron chi connectivity index (χ1n) is 7.25. The van der Waals surface area contributed by atoms with Crippen LogP contribution in [0.4, 0.5) is 5.69 Å². The quantitative estimate of drug-likeness (QED) is 0.643. The smallest absolute Gasteiger partial charge is 0.125 e. The number of hydrogen-bond donors (Lipinski definition) is 1. The first kappa shape index (κ1) is 15.2. The van der Waals surface area contributed by atoms with Gasteiger partial charge >= 0.3 is 0 Å². The summed E-state index contributed by atoms with van der Waals surface area (Å²) < 4.78 is 11.5. The summed E-state index contributed by atoms with van der Waals surface area (Å²) >= 11 is 0. The summed E-state index contributed by atoms with van der Waals surface area (Å²) in [5.41, 5.74) is 10.1. The summed E-state index contributed by atoms with van der Waals surface area (Å²) in [7, 11) is 0. The number of rotatable bonds is 6. The number of hydrogen-bond acceptors (Lipinski definition) is 3. The minimum Gasteiger partial charge on any atom is -0.493 e. The van der Waals surface area contributed by atoms with Gasteiger partial charge in [0.25, 0.3) is 0 Å². The number of benzene rings is 2. The van der Waals surface area contributed by atoms with Crippen molar-refractivity contribution in [3.05, 3.63) is 53.1 Å². The van der Waals surface area contributed by atoms with E-state index in [9.17, 15) is 0 Å². The second-order valence-electron chi connectivity index (χ2n) is 5.35. The van der Waals surface area contributed by atoms with E-state index in [1.54, 1.807) is 0 Å². The van der Waals surface area contributed by atoms with Gasteiger partial charge in [-0.2, -0.15) is 0 Å². The summed E-state index contributed by atoms with van der Waals surface area (Å²) in [5, 5.41) is 0. The molecule has 2 aromatic carbocycles. The van der Waals surface area contributed by atoms with Crippen molar-refractivity contribution in [2.75, 3.05) is 18.9 Å². The molecule has 0 aliphatic carbocycles. The summed E-state index contributed by atoms with van der Waals surface area (Å²) in [4.78, 5) is 0. The average Bonchev–Trinajstić information content (AvgIpc) is 2.41. The van der Waals surface area contributed by atoms with Crippen LogP contribution in [0.25, 0.3) is 0 Å². The van der Waals surface area contributed by atoms with E-state index in [1.807, 2.05) is 24.3 Å². The molecule has 0 heterocycles. The summed E-state index contributed by atoms with van der Waals surface area (Å²) in [6.45, 7) is 7.53. The van der Waals surface area contributed by atoms with Crippen LogP contribution < -0.4 is 15.2 Å². The Morgan fingerprint density at radius 2 is 1.57 bits per heavy atom. The SMILES string of the molecule is Cc1cc(C)c(OCCCOc2cccc(N)c2)c(C)c1. The Morgan fingerprint density at radius 1 is 0.905 bits per heavy atom. The van der Waals surface area contributed by atoms with Crippen molar-refractivity contribution in [2.24, 2.45) is 0 Å². The van der Waals surface area contributed by atoms with Crippen molar-refractivity contribution in [2.45, 2.75) is 27.2 Å². The molecule has 3 nitrogen and oxygen atoms in total. The van der Waals surface area contributed by atoms with Gasteiger partial charge in [-0.3, -0.25) is 0 Å². The van der Waals surface area contributed by atoms with E-state index in [0.29, 0.717) is 13.2 Å². The highest BCUT2D eigenvalue weighted by Gasteiger charge is 2.04. The molecule has 0 atom stereocenters. The molecule has 0 amide bonds. The zero-order valence-corrected chi connectivity index (χ0v) is 13.0. The molecule has 2 rings (SSSR count). The molecule has 3 heteroatoms. The molecule has 0 fully saturated rings. The summed E-state index contributed by atoms with van der Waals surface area (Å²) in [6, 6.07) is 11.8. The van der Waals surface area contributed by atoms with Crippen molar-refractivity contribution < 1.29 is 9.47 Å². The molecule has 0 saturated carbocycles. The maximum absolute atomic E-state index is 5.88. The third-order valence-corrected chi connectivity index (χ3v) is 3.27. The molecule has 0 spiro atoms. The van der Waals surface area contributed by atoms with Gasteiger partial charge in [-0.05, 0) is 44.0 Å². The molecule has 0 saturated heterocycles. The van der Waals surface area contributed by atoms with Gasteiger partial charge in [-0.1, -0.05) is 23.8 Å². The average molecular weight is 285 g/mol. The van der Waals surface area contributed by atoms with Crippen LogP contribution in [0.5, 0.6) is 11.5 Å². The molecule has 0 radical (unpaired) electrons. The van der Waals surface area contributed by atoms with Crippen molar-refractivity contribution in [3.63, 3.8) is 0 Å². The second-order valence-corrected chi connectivity index (χ2v) is 5.35. The Balaban J connectivity index is 1.78. The van der Waals surface area contributed by atoms with Gasteiger partial charge in [0.1, 0.15) is 11.5 Å². The largest absolute Gasteiger partial charge is 0.493 e. The fraction of sp³-hybridized carbons (Fsp3) is 0.333. The molecular formula is C18H23NO2. The van der Waals surface area contributed by atoms with Gasteiger partial charge in [-0.25, -0.2) is 0 Å². The predicted molar refractivity (Wildman–Crippen MR) is 87.1 cm³/mol. The topological polar surface area (TPSA) is 44.5 Å². The van der Waals surface area contributed by atoms with Gasteiger partial charge in [0, 0.05) is 18.2 Å². The van der Waals surface area contributed by atoms with E-state index in [2.05, 4.69) is 32.9 Å². The lowest BCUT2D eigenvalue weighted by Gasteiger charge is -2.13. The van der Waals surface area contributed by atoms with Gasteiger partial charge < -0.3 is 15.2 Å². The molecule has 112 valence electrons. The van der Waals surface area contributed by atoms with Gasteiger partial charge in [0.2, 0.25) is 0 Å². The van der Waals surface area contributed by atoms with Crippen molar-refractivity contribution in [1.29, 1.82) is 0 Å². The number of ether oxygens (including phenoxy) is 2. The minimum absolute atomic E-state index is 0.618. The summed E-state index contributed by atoms with van der Waals surface area (Å²) in [6.07, 6.45) is 0.835. The fourth-order valence-corrected chi connectivity index (χ4v) is 2.42. The van der Waals surface area contributed by atoms with Crippen LogP contribution in [0.3, 0.4) is 0 Å². The molecule has 21 heavy (non-hydrogen) atoms. The molecule has 0 aliphatic rings. The highest BCUT2D eigenvalue weighted by molar-refractivity contribution is 5.44. The van der Waals surface area contributed by atoms with Gasteiger partial charge in [-0.15, -0.1) is 0 Å². The Morgan fingerprint density at radius 3 is 2.24 bits per heavy atom. The maximum atomic E-state index is 5.88. The predicted octanol–water partition coefficient (Wildman–Crippen LogP) is 4.04. The lowest BCUT2D eigenvalue weighted by molar-refractivity contribution is 0.246. The highest BCUT2D eigenvalue weighted by atomic mass is 16.5. The van der Waals surface area contributed by atoms with Gasteiger partial charge in [0.15, 0.2) is 0 Å². The van der Waals surface area contributed by atoms with Crippen LogP contribution >= 0.6 is 0 Å². The molecule has 0 bridgehead atoms. The first-order chi connectivity index (χ1) is 10.1. The van der Waals surface area contributed by atoms with Crippen molar-refractivity contribution >= 4 is 5.69 Å².